The SMILES string of the molecule is Cc1cc(CN2CCCc3c(C(=O)O)cccc32)c(C)s1. The van der Waals surface area contributed by atoms with Gasteiger partial charge >= 0.3 is 5.97 Å². The van der Waals surface area contributed by atoms with Crippen molar-refractivity contribution in [3.8, 4) is 0 Å². The second-order valence-corrected chi connectivity index (χ2v) is 7.03. The predicted molar refractivity (Wildman–Crippen MR) is 86.6 cm³/mol. The molecule has 0 saturated carbocycles. The molecule has 1 aliphatic rings. The summed E-state index contributed by atoms with van der Waals surface area (Å²) in [5, 5.41) is 9.35. The lowest BCUT2D eigenvalue weighted by Gasteiger charge is -2.32. The van der Waals surface area contributed by atoms with Crippen molar-refractivity contribution in [2.45, 2.75) is 33.2 Å². The first-order valence-electron chi connectivity index (χ1n) is 7.22. The Kier molecular flexibility index (Phi) is 3.72. The van der Waals surface area contributed by atoms with Gasteiger partial charge in [0.1, 0.15) is 0 Å². The van der Waals surface area contributed by atoms with E-state index >= 15 is 0 Å². The maximum absolute atomic E-state index is 11.4. The first-order valence-corrected chi connectivity index (χ1v) is 8.04. The Morgan fingerprint density at radius 3 is 2.86 bits per heavy atom. The van der Waals surface area contributed by atoms with Crippen LogP contribution in [0.5, 0.6) is 0 Å². The highest BCUT2D eigenvalue weighted by atomic mass is 32.1. The lowest BCUT2D eigenvalue weighted by molar-refractivity contribution is 0.0695. The predicted octanol–water partition coefficient (Wildman–Crippen LogP) is 4.02. The van der Waals surface area contributed by atoms with Crippen molar-refractivity contribution in [1.82, 2.24) is 0 Å². The van der Waals surface area contributed by atoms with Gasteiger partial charge in [-0.15, -0.1) is 11.3 Å². The standard InChI is InChI=1S/C17H19NO2S/c1-11-9-13(12(2)21-11)10-18-8-4-6-14-15(17(19)20)5-3-7-16(14)18/h3,5,7,9H,4,6,8,10H2,1-2H3,(H,19,20). The molecule has 0 bridgehead atoms. The Morgan fingerprint density at radius 2 is 2.19 bits per heavy atom. The molecule has 21 heavy (non-hydrogen) atoms. The topological polar surface area (TPSA) is 40.5 Å². The molecule has 0 saturated heterocycles. The number of carbonyl (C=O) groups is 1. The van der Waals surface area contributed by atoms with Crippen LogP contribution in [0.4, 0.5) is 5.69 Å². The number of carboxylic acids is 1. The molecule has 0 unspecified atom stereocenters. The number of thiophene rings is 1. The number of nitrogens with zero attached hydrogens (tertiary/aromatic N) is 1. The van der Waals surface area contributed by atoms with E-state index in [2.05, 4.69) is 30.9 Å². The minimum Gasteiger partial charge on any atom is -0.478 e. The number of aromatic carboxylic acids is 1. The zero-order chi connectivity index (χ0) is 15.0. The molecular weight excluding hydrogens is 282 g/mol. The summed E-state index contributed by atoms with van der Waals surface area (Å²) in [7, 11) is 0. The van der Waals surface area contributed by atoms with Gasteiger partial charge in [0.15, 0.2) is 0 Å². The lowest BCUT2D eigenvalue weighted by atomic mass is 9.96. The Bertz CT molecular complexity index is 690. The van der Waals surface area contributed by atoms with Crippen molar-refractivity contribution in [2.75, 3.05) is 11.4 Å². The largest absolute Gasteiger partial charge is 0.478 e. The smallest absolute Gasteiger partial charge is 0.336 e. The highest BCUT2D eigenvalue weighted by molar-refractivity contribution is 7.12. The summed E-state index contributed by atoms with van der Waals surface area (Å²) in [6.45, 7) is 6.15. The summed E-state index contributed by atoms with van der Waals surface area (Å²) in [6.07, 6.45) is 1.87. The van der Waals surface area contributed by atoms with Crippen molar-refractivity contribution in [1.29, 1.82) is 0 Å². The first kappa shape index (κ1) is 14.1. The molecule has 2 aromatic rings. The first-order chi connectivity index (χ1) is 10.1. The van der Waals surface area contributed by atoms with Crippen molar-refractivity contribution < 1.29 is 9.90 Å². The van der Waals surface area contributed by atoms with E-state index in [0.29, 0.717) is 5.56 Å². The molecule has 0 amide bonds. The molecule has 0 atom stereocenters. The van der Waals surface area contributed by atoms with Crippen LogP contribution in [0.3, 0.4) is 0 Å². The zero-order valence-corrected chi connectivity index (χ0v) is 13.2. The van der Waals surface area contributed by atoms with Crippen LogP contribution in [0.15, 0.2) is 24.3 Å². The number of hydrogen-bond acceptors (Lipinski definition) is 3. The van der Waals surface area contributed by atoms with E-state index in [1.165, 1.54) is 15.3 Å². The third-order valence-electron chi connectivity index (χ3n) is 4.08. The highest BCUT2D eigenvalue weighted by Crippen LogP contribution is 2.32. The minimum atomic E-state index is -0.823. The van der Waals surface area contributed by atoms with E-state index in [1.807, 2.05) is 17.4 Å². The Hall–Kier alpha value is -1.81. The van der Waals surface area contributed by atoms with Gasteiger partial charge in [-0.3, -0.25) is 0 Å². The average Bonchev–Trinajstić information content (AvgIpc) is 2.76. The molecule has 1 aromatic heterocycles. The fourth-order valence-corrected chi connectivity index (χ4v) is 4.05. The number of fused-ring (bicyclic) bond motifs is 1. The van der Waals surface area contributed by atoms with Crippen LogP contribution in [-0.4, -0.2) is 17.6 Å². The quantitative estimate of drug-likeness (QED) is 0.931. The molecule has 1 N–H and O–H groups in total. The number of aryl methyl sites for hydroxylation is 2. The summed E-state index contributed by atoms with van der Waals surface area (Å²) < 4.78 is 0. The van der Waals surface area contributed by atoms with Gasteiger partial charge in [0.2, 0.25) is 0 Å². The molecule has 3 nitrogen and oxygen atoms in total. The second-order valence-electron chi connectivity index (χ2n) is 5.57. The van der Waals surface area contributed by atoms with Crippen LogP contribution in [0.25, 0.3) is 0 Å². The van der Waals surface area contributed by atoms with E-state index in [0.717, 1.165) is 37.2 Å². The third kappa shape index (κ3) is 2.68. The number of hydrogen-bond donors (Lipinski definition) is 1. The number of rotatable bonds is 3. The number of anilines is 1. The lowest BCUT2D eigenvalue weighted by Crippen LogP contribution is -2.29. The molecule has 1 aliphatic heterocycles. The van der Waals surface area contributed by atoms with Crippen LogP contribution in [0, 0.1) is 13.8 Å². The normalized spacial score (nSPS) is 14.1. The van der Waals surface area contributed by atoms with Gasteiger partial charge in [-0.25, -0.2) is 4.79 Å². The fraction of sp³-hybridized carbons (Fsp3) is 0.353. The van der Waals surface area contributed by atoms with Crippen molar-refractivity contribution >= 4 is 23.0 Å². The van der Waals surface area contributed by atoms with Gasteiger partial charge < -0.3 is 10.0 Å². The van der Waals surface area contributed by atoms with Crippen molar-refractivity contribution in [2.24, 2.45) is 0 Å². The summed E-state index contributed by atoms with van der Waals surface area (Å²) in [6, 6.07) is 7.86. The van der Waals surface area contributed by atoms with Crippen LogP contribution in [-0.2, 0) is 13.0 Å². The summed E-state index contributed by atoms with van der Waals surface area (Å²) in [5.41, 5.74) is 3.88. The molecule has 0 spiro atoms. The van der Waals surface area contributed by atoms with Gasteiger partial charge in [0.05, 0.1) is 5.56 Å². The van der Waals surface area contributed by atoms with Gasteiger partial charge in [-0.1, -0.05) is 6.07 Å². The molecule has 2 heterocycles. The third-order valence-corrected chi connectivity index (χ3v) is 5.09. The average molecular weight is 301 g/mol. The molecule has 110 valence electrons. The van der Waals surface area contributed by atoms with Crippen LogP contribution in [0.1, 0.15) is 37.7 Å². The summed E-state index contributed by atoms with van der Waals surface area (Å²) in [4.78, 5) is 16.4. The Labute approximate surface area is 128 Å². The second kappa shape index (κ2) is 5.53. The van der Waals surface area contributed by atoms with Crippen molar-refractivity contribution in [3.05, 3.63) is 50.7 Å². The zero-order valence-electron chi connectivity index (χ0n) is 12.3. The highest BCUT2D eigenvalue weighted by Gasteiger charge is 2.22. The molecule has 3 rings (SSSR count). The molecule has 0 aliphatic carbocycles. The van der Waals surface area contributed by atoms with E-state index in [4.69, 9.17) is 0 Å². The summed E-state index contributed by atoms with van der Waals surface area (Å²) in [5.74, 6) is -0.823. The van der Waals surface area contributed by atoms with Gasteiger partial charge in [-0.2, -0.15) is 0 Å². The van der Waals surface area contributed by atoms with E-state index in [9.17, 15) is 9.90 Å². The molecule has 1 aromatic carbocycles. The molecule has 0 fully saturated rings. The van der Waals surface area contributed by atoms with Gasteiger partial charge in [-0.05, 0) is 56.0 Å². The Morgan fingerprint density at radius 1 is 1.38 bits per heavy atom. The fourth-order valence-electron chi connectivity index (χ4n) is 3.11. The van der Waals surface area contributed by atoms with Crippen LogP contribution < -0.4 is 4.90 Å². The van der Waals surface area contributed by atoms with Gasteiger partial charge in [0, 0.05) is 28.5 Å². The minimum absolute atomic E-state index is 0.454. The molecule has 4 heteroatoms. The number of benzene rings is 1. The van der Waals surface area contributed by atoms with Gasteiger partial charge in [0.25, 0.3) is 0 Å². The number of carboxylic acid groups (broad SMARTS) is 1. The molecule has 0 radical (unpaired) electrons. The Balaban J connectivity index is 1.96. The van der Waals surface area contributed by atoms with Crippen molar-refractivity contribution in [3.63, 3.8) is 0 Å². The molecular formula is C17H19NO2S. The van der Waals surface area contributed by atoms with Crippen LogP contribution >= 0.6 is 11.3 Å². The van der Waals surface area contributed by atoms with E-state index in [1.54, 1.807) is 6.07 Å². The summed E-state index contributed by atoms with van der Waals surface area (Å²) >= 11 is 1.83. The maximum atomic E-state index is 11.4. The maximum Gasteiger partial charge on any atom is 0.336 e. The monoisotopic (exact) mass is 301 g/mol. The van der Waals surface area contributed by atoms with E-state index < -0.39 is 5.97 Å². The van der Waals surface area contributed by atoms with Crippen LogP contribution in [0.2, 0.25) is 0 Å². The van der Waals surface area contributed by atoms with E-state index in [-0.39, 0.29) is 0 Å².